The summed E-state index contributed by atoms with van der Waals surface area (Å²) in [7, 11) is 0. The second-order valence-electron chi connectivity index (χ2n) is 7.07. The third-order valence-electron chi connectivity index (χ3n) is 4.87. The molecule has 2 unspecified atom stereocenters. The van der Waals surface area contributed by atoms with E-state index < -0.39 is 0 Å². The highest BCUT2D eigenvalue weighted by molar-refractivity contribution is 6.05. The number of carbonyl (C=O) groups excluding carboxylic acids is 1. The lowest BCUT2D eigenvalue weighted by atomic mass is 10.1. The van der Waals surface area contributed by atoms with Gasteiger partial charge >= 0.3 is 0 Å². The molecule has 1 aliphatic carbocycles. The summed E-state index contributed by atoms with van der Waals surface area (Å²) in [5.74, 6) is 0.126. The van der Waals surface area contributed by atoms with Crippen LogP contribution in [-0.4, -0.2) is 21.7 Å². The number of hydrogen-bond donors (Lipinski definition) is 1. The molecule has 2 atom stereocenters. The summed E-state index contributed by atoms with van der Waals surface area (Å²) in [6.45, 7) is 3.77. The summed E-state index contributed by atoms with van der Waals surface area (Å²) < 4.78 is 1.39. The molecule has 2 aromatic carbocycles. The number of nitrogens with one attached hydrogen (secondary N) is 1. The van der Waals surface area contributed by atoms with E-state index in [0.29, 0.717) is 22.4 Å². The maximum Gasteiger partial charge on any atom is 0.274 e. The van der Waals surface area contributed by atoms with Crippen LogP contribution in [0.25, 0.3) is 10.8 Å². The largest absolute Gasteiger partial charge is 0.347 e. The minimum absolute atomic E-state index is 0.114. The van der Waals surface area contributed by atoms with E-state index in [2.05, 4.69) is 22.5 Å². The molecular formula is C21H21N3O2. The van der Waals surface area contributed by atoms with Gasteiger partial charge in [-0.2, -0.15) is 5.10 Å². The average Bonchev–Trinajstić information content (AvgIpc) is 3.41. The Morgan fingerprint density at radius 2 is 1.73 bits per heavy atom. The lowest BCUT2D eigenvalue weighted by Gasteiger charge is -2.13. The fraction of sp³-hybridized carbons (Fsp3) is 0.286. The lowest BCUT2D eigenvalue weighted by molar-refractivity contribution is 0.0944. The number of rotatable bonds is 4. The van der Waals surface area contributed by atoms with E-state index in [1.807, 2.05) is 44.2 Å². The van der Waals surface area contributed by atoms with Gasteiger partial charge in [0.2, 0.25) is 0 Å². The Balaban J connectivity index is 1.65. The highest BCUT2D eigenvalue weighted by Gasteiger charge is 2.40. The Morgan fingerprint density at radius 1 is 1.08 bits per heavy atom. The van der Waals surface area contributed by atoms with E-state index in [1.165, 1.54) is 10.2 Å². The molecule has 5 heteroatoms. The van der Waals surface area contributed by atoms with Gasteiger partial charge in [0.1, 0.15) is 0 Å². The topological polar surface area (TPSA) is 64.0 Å². The van der Waals surface area contributed by atoms with Crippen molar-refractivity contribution >= 4 is 16.7 Å². The van der Waals surface area contributed by atoms with E-state index in [4.69, 9.17) is 0 Å². The SMILES string of the molecule is CC(C)n1nc(C(=O)NC2CC2c2ccccc2)c2ccccc2c1=O. The van der Waals surface area contributed by atoms with Gasteiger partial charge in [-0.1, -0.05) is 48.5 Å². The van der Waals surface area contributed by atoms with E-state index in [1.54, 1.807) is 12.1 Å². The zero-order valence-electron chi connectivity index (χ0n) is 14.8. The first-order valence-electron chi connectivity index (χ1n) is 8.93. The summed E-state index contributed by atoms with van der Waals surface area (Å²) in [5.41, 5.74) is 1.39. The highest BCUT2D eigenvalue weighted by atomic mass is 16.2. The van der Waals surface area contributed by atoms with Crippen LogP contribution in [0.2, 0.25) is 0 Å². The third-order valence-corrected chi connectivity index (χ3v) is 4.87. The standard InChI is InChI=1S/C21H21N3O2/c1-13(2)24-21(26)16-11-7-6-10-15(16)19(23-24)20(25)22-18-12-17(18)14-8-4-3-5-9-14/h3-11,13,17-18H,12H2,1-2H3,(H,22,25). The zero-order valence-corrected chi connectivity index (χ0v) is 14.8. The van der Waals surface area contributed by atoms with Crippen LogP contribution in [0.5, 0.6) is 0 Å². The number of benzene rings is 2. The molecule has 1 aliphatic rings. The molecule has 0 aliphatic heterocycles. The van der Waals surface area contributed by atoms with Crippen molar-refractivity contribution < 1.29 is 4.79 Å². The van der Waals surface area contributed by atoms with Crippen molar-refractivity contribution in [2.45, 2.75) is 38.3 Å². The number of hydrogen-bond acceptors (Lipinski definition) is 3. The van der Waals surface area contributed by atoms with Crippen LogP contribution in [0.1, 0.15) is 48.3 Å². The van der Waals surface area contributed by atoms with Crippen LogP contribution in [-0.2, 0) is 0 Å². The molecular weight excluding hydrogens is 326 g/mol. The normalized spacial score (nSPS) is 18.9. The molecule has 0 saturated heterocycles. The van der Waals surface area contributed by atoms with Gasteiger partial charge in [0.15, 0.2) is 5.69 Å². The molecule has 1 amide bonds. The van der Waals surface area contributed by atoms with Crippen molar-refractivity contribution in [3.05, 3.63) is 76.2 Å². The third kappa shape index (κ3) is 2.90. The van der Waals surface area contributed by atoms with Gasteiger partial charge in [-0.05, 0) is 31.9 Å². The zero-order chi connectivity index (χ0) is 18.3. The Labute approximate surface area is 151 Å². The van der Waals surface area contributed by atoms with E-state index in [0.717, 1.165) is 6.42 Å². The van der Waals surface area contributed by atoms with Gasteiger partial charge in [0.05, 0.1) is 11.4 Å². The van der Waals surface area contributed by atoms with Gasteiger partial charge in [-0.15, -0.1) is 0 Å². The van der Waals surface area contributed by atoms with Gasteiger partial charge in [0, 0.05) is 17.3 Å². The van der Waals surface area contributed by atoms with Crippen LogP contribution >= 0.6 is 0 Å². The lowest BCUT2D eigenvalue weighted by Crippen LogP contribution is -2.32. The summed E-state index contributed by atoms with van der Waals surface area (Å²) in [6.07, 6.45) is 0.928. The number of carbonyl (C=O) groups is 1. The predicted molar refractivity (Wildman–Crippen MR) is 101 cm³/mol. The van der Waals surface area contributed by atoms with Crippen molar-refractivity contribution in [2.75, 3.05) is 0 Å². The first-order chi connectivity index (χ1) is 12.6. The second-order valence-corrected chi connectivity index (χ2v) is 7.07. The predicted octanol–water partition coefficient (Wildman–Crippen LogP) is 3.26. The van der Waals surface area contributed by atoms with Crippen molar-refractivity contribution in [3.63, 3.8) is 0 Å². The number of aromatic nitrogens is 2. The summed E-state index contributed by atoms with van der Waals surface area (Å²) in [6, 6.07) is 17.4. The molecule has 3 aromatic rings. The molecule has 26 heavy (non-hydrogen) atoms. The first kappa shape index (κ1) is 16.5. The molecule has 1 heterocycles. The van der Waals surface area contributed by atoms with Crippen molar-refractivity contribution in [1.29, 1.82) is 0 Å². The van der Waals surface area contributed by atoms with Crippen LogP contribution in [0.4, 0.5) is 0 Å². The molecule has 1 saturated carbocycles. The summed E-state index contributed by atoms with van der Waals surface area (Å²) >= 11 is 0. The smallest absolute Gasteiger partial charge is 0.274 e. The van der Waals surface area contributed by atoms with Crippen LogP contribution in [0, 0.1) is 0 Å². The van der Waals surface area contributed by atoms with E-state index in [-0.39, 0.29) is 23.6 Å². The molecule has 5 nitrogen and oxygen atoms in total. The van der Waals surface area contributed by atoms with Gasteiger partial charge < -0.3 is 5.32 Å². The minimum Gasteiger partial charge on any atom is -0.347 e. The Morgan fingerprint density at radius 3 is 2.42 bits per heavy atom. The fourth-order valence-electron chi connectivity index (χ4n) is 3.38. The molecule has 1 N–H and O–H groups in total. The van der Waals surface area contributed by atoms with Gasteiger partial charge in [0.25, 0.3) is 11.5 Å². The van der Waals surface area contributed by atoms with Crippen LogP contribution in [0.3, 0.4) is 0 Å². The molecule has 1 fully saturated rings. The number of amides is 1. The minimum atomic E-state index is -0.223. The fourth-order valence-corrected chi connectivity index (χ4v) is 3.38. The van der Waals surface area contributed by atoms with Crippen LogP contribution < -0.4 is 10.9 Å². The molecule has 132 valence electrons. The first-order valence-corrected chi connectivity index (χ1v) is 8.93. The second kappa shape index (κ2) is 6.41. The van der Waals surface area contributed by atoms with Crippen LogP contribution in [0.15, 0.2) is 59.4 Å². The Hall–Kier alpha value is -2.95. The van der Waals surface area contributed by atoms with Crippen molar-refractivity contribution in [2.24, 2.45) is 0 Å². The molecule has 0 spiro atoms. The summed E-state index contributed by atoms with van der Waals surface area (Å²) in [4.78, 5) is 25.5. The highest BCUT2D eigenvalue weighted by Crippen LogP contribution is 2.40. The summed E-state index contributed by atoms with van der Waals surface area (Å²) in [5, 5.41) is 8.58. The van der Waals surface area contributed by atoms with Crippen molar-refractivity contribution in [1.82, 2.24) is 15.1 Å². The maximum atomic E-state index is 12.9. The number of nitrogens with zero attached hydrogens (tertiary/aromatic N) is 2. The van der Waals surface area contributed by atoms with Crippen molar-refractivity contribution in [3.8, 4) is 0 Å². The van der Waals surface area contributed by atoms with E-state index in [9.17, 15) is 9.59 Å². The van der Waals surface area contributed by atoms with E-state index >= 15 is 0 Å². The molecule has 0 bridgehead atoms. The Kier molecular flexibility index (Phi) is 4.07. The quantitative estimate of drug-likeness (QED) is 0.788. The van der Waals surface area contributed by atoms with Gasteiger partial charge in [-0.25, -0.2) is 4.68 Å². The molecule has 4 rings (SSSR count). The molecule has 1 aromatic heterocycles. The maximum absolute atomic E-state index is 12.9. The number of fused-ring (bicyclic) bond motifs is 1. The molecule has 0 radical (unpaired) electrons. The average molecular weight is 347 g/mol. The Bertz CT molecular complexity index is 1020. The monoisotopic (exact) mass is 347 g/mol. The van der Waals surface area contributed by atoms with Gasteiger partial charge in [-0.3, -0.25) is 9.59 Å².